The fourth-order valence-corrected chi connectivity index (χ4v) is 3.01. The van der Waals surface area contributed by atoms with Crippen LogP contribution in [0.4, 0.5) is 18.9 Å². The van der Waals surface area contributed by atoms with E-state index in [9.17, 15) is 22.8 Å². The number of anilines is 1. The van der Waals surface area contributed by atoms with Crippen LogP contribution in [0.15, 0.2) is 42.5 Å². The largest absolute Gasteiger partial charge is 0.573 e. The number of hydrogen-bond donors (Lipinski definition) is 1. The lowest BCUT2D eigenvalue weighted by molar-refractivity contribution is -0.274. The lowest BCUT2D eigenvalue weighted by atomic mass is 9.90. The monoisotopic (exact) mass is 393 g/mol. The molecule has 0 spiro atoms. The minimum absolute atomic E-state index is 0.254. The Balaban J connectivity index is 1.50. The number of alkyl halides is 3. The number of fused-ring (bicyclic) bond motifs is 1. The molecular formula is C20H18F3NO4. The van der Waals surface area contributed by atoms with Gasteiger partial charge < -0.3 is 14.8 Å². The predicted octanol–water partition coefficient (Wildman–Crippen LogP) is 4.26. The molecule has 1 amide bonds. The summed E-state index contributed by atoms with van der Waals surface area (Å²) in [6, 6.07) is 10.0. The lowest BCUT2D eigenvalue weighted by Crippen LogP contribution is -2.21. The van der Waals surface area contributed by atoms with Crippen LogP contribution in [0.25, 0.3) is 0 Å². The van der Waals surface area contributed by atoms with Crippen LogP contribution in [0, 0.1) is 0 Å². The van der Waals surface area contributed by atoms with Gasteiger partial charge in [0.25, 0.3) is 5.91 Å². The maximum absolute atomic E-state index is 12.1. The van der Waals surface area contributed by atoms with Crippen LogP contribution >= 0.6 is 0 Å². The summed E-state index contributed by atoms with van der Waals surface area (Å²) in [6.07, 6.45) is -0.637. The van der Waals surface area contributed by atoms with E-state index in [0.29, 0.717) is 5.56 Å². The van der Waals surface area contributed by atoms with Crippen molar-refractivity contribution in [1.82, 2.24) is 0 Å². The van der Waals surface area contributed by atoms with Crippen molar-refractivity contribution in [1.29, 1.82) is 0 Å². The molecule has 148 valence electrons. The van der Waals surface area contributed by atoms with E-state index < -0.39 is 30.6 Å². The van der Waals surface area contributed by atoms with E-state index in [2.05, 4.69) is 10.1 Å². The Morgan fingerprint density at radius 1 is 0.964 bits per heavy atom. The van der Waals surface area contributed by atoms with Crippen molar-refractivity contribution in [2.24, 2.45) is 0 Å². The van der Waals surface area contributed by atoms with E-state index in [0.717, 1.165) is 43.4 Å². The highest BCUT2D eigenvalue weighted by Crippen LogP contribution is 2.24. The van der Waals surface area contributed by atoms with Crippen molar-refractivity contribution in [3.05, 3.63) is 59.2 Å². The standard InChI is InChI=1S/C20H18F3NO4/c21-20(22,23)28-17-9-7-16(8-10-17)24-18(25)12-27-19(26)15-6-5-13-3-1-2-4-14(13)11-15/h5-11H,1-4,12H2,(H,24,25). The summed E-state index contributed by atoms with van der Waals surface area (Å²) in [5.74, 6) is -1.60. The van der Waals surface area contributed by atoms with E-state index in [-0.39, 0.29) is 5.69 Å². The number of nitrogens with one attached hydrogen (secondary N) is 1. The Morgan fingerprint density at radius 2 is 1.64 bits per heavy atom. The van der Waals surface area contributed by atoms with E-state index in [1.807, 2.05) is 6.07 Å². The number of carbonyl (C=O) groups excluding carboxylic acids is 2. The lowest BCUT2D eigenvalue weighted by Gasteiger charge is -2.16. The molecule has 0 unspecified atom stereocenters. The normalized spacial score (nSPS) is 13.4. The summed E-state index contributed by atoms with van der Waals surface area (Å²) in [4.78, 5) is 24.0. The summed E-state index contributed by atoms with van der Waals surface area (Å²) < 4.78 is 45.1. The molecule has 0 heterocycles. The van der Waals surface area contributed by atoms with Crippen LogP contribution < -0.4 is 10.1 Å². The number of amides is 1. The second-order valence-corrected chi connectivity index (χ2v) is 6.39. The third-order valence-electron chi connectivity index (χ3n) is 4.29. The molecule has 0 saturated heterocycles. The van der Waals surface area contributed by atoms with Crippen molar-refractivity contribution >= 4 is 17.6 Å². The van der Waals surface area contributed by atoms with Crippen LogP contribution in [0.5, 0.6) is 5.75 Å². The van der Waals surface area contributed by atoms with Crippen molar-refractivity contribution in [2.45, 2.75) is 32.0 Å². The molecule has 1 aliphatic rings. The van der Waals surface area contributed by atoms with Crippen molar-refractivity contribution < 1.29 is 32.2 Å². The molecule has 0 aliphatic heterocycles. The highest BCUT2D eigenvalue weighted by Gasteiger charge is 2.31. The third kappa shape index (κ3) is 5.48. The van der Waals surface area contributed by atoms with Gasteiger partial charge in [0.15, 0.2) is 6.61 Å². The van der Waals surface area contributed by atoms with Gasteiger partial charge in [-0.2, -0.15) is 0 Å². The van der Waals surface area contributed by atoms with E-state index in [1.54, 1.807) is 12.1 Å². The van der Waals surface area contributed by atoms with Gasteiger partial charge in [0.2, 0.25) is 0 Å². The Kier molecular flexibility index (Phi) is 5.87. The van der Waals surface area contributed by atoms with Crippen LogP contribution in [-0.4, -0.2) is 24.8 Å². The number of esters is 1. The first-order valence-electron chi connectivity index (χ1n) is 8.75. The first-order valence-corrected chi connectivity index (χ1v) is 8.75. The number of rotatable bonds is 5. The zero-order valence-corrected chi connectivity index (χ0v) is 14.8. The highest BCUT2D eigenvalue weighted by atomic mass is 19.4. The summed E-state index contributed by atoms with van der Waals surface area (Å²) in [6.45, 7) is -0.503. The van der Waals surface area contributed by atoms with E-state index in [1.165, 1.54) is 17.7 Å². The van der Waals surface area contributed by atoms with Crippen molar-refractivity contribution in [3.8, 4) is 5.75 Å². The molecule has 0 aromatic heterocycles. The summed E-state index contributed by atoms with van der Waals surface area (Å²) in [5, 5.41) is 2.44. The summed E-state index contributed by atoms with van der Waals surface area (Å²) in [5.41, 5.74) is 3.01. The first-order chi connectivity index (χ1) is 13.3. The Hall–Kier alpha value is -3.03. The van der Waals surface area contributed by atoms with Crippen LogP contribution in [0.1, 0.15) is 34.3 Å². The summed E-state index contributed by atoms with van der Waals surface area (Å²) in [7, 11) is 0. The molecule has 0 saturated carbocycles. The smallest absolute Gasteiger partial charge is 0.452 e. The maximum atomic E-state index is 12.1. The number of carbonyl (C=O) groups is 2. The number of hydrogen-bond acceptors (Lipinski definition) is 4. The predicted molar refractivity (Wildman–Crippen MR) is 95.1 cm³/mol. The van der Waals surface area contributed by atoms with Gasteiger partial charge in [-0.1, -0.05) is 6.07 Å². The highest BCUT2D eigenvalue weighted by molar-refractivity contribution is 5.95. The van der Waals surface area contributed by atoms with Gasteiger partial charge in [-0.3, -0.25) is 4.79 Å². The quantitative estimate of drug-likeness (QED) is 0.771. The van der Waals surface area contributed by atoms with Gasteiger partial charge in [-0.05, 0) is 73.2 Å². The fraction of sp³-hybridized carbons (Fsp3) is 0.300. The zero-order valence-electron chi connectivity index (χ0n) is 14.8. The summed E-state index contributed by atoms with van der Waals surface area (Å²) >= 11 is 0. The molecule has 1 N–H and O–H groups in total. The topological polar surface area (TPSA) is 64.6 Å². The molecule has 8 heteroatoms. The van der Waals surface area contributed by atoms with Gasteiger partial charge >= 0.3 is 12.3 Å². The average Bonchev–Trinajstić information content (AvgIpc) is 2.66. The number of ether oxygens (including phenoxy) is 2. The molecule has 2 aromatic rings. The molecule has 0 bridgehead atoms. The fourth-order valence-electron chi connectivity index (χ4n) is 3.01. The Bertz CT molecular complexity index is 863. The average molecular weight is 393 g/mol. The van der Waals surface area contributed by atoms with Crippen LogP contribution in [0.2, 0.25) is 0 Å². The number of benzene rings is 2. The number of halogens is 3. The van der Waals surface area contributed by atoms with Gasteiger partial charge in [-0.15, -0.1) is 13.2 Å². The molecule has 3 rings (SSSR count). The van der Waals surface area contributed by atoms with E-state index in [4.69, 9.17) is 4.74 Å². The minimum atomic E-state index is -4.78. The Morgan fingerprint density at radius 3 is 2.32 bits per heavy atom. The molecule has 0 atom stereocenters. The zero-order chi connectivity index (χ0) is 20.1. The second-order valence-electron chi connectivity index (χ2n) is 6.39. The van der Waals surface area contributed by atoms with Crippen LogP contribution in [-0.2, 0) is 22.4 Å². The van der Waals surface area contributed by atoms with Crippen LogP contribution in [0.3, 0.4) is 0 Å². The molecule has 0 fully saturated rings. The minimum Gasteiger partial charge on any atom is -0.452 e. The number of aryl methyl sites for hydroxylation is 2. The SMILES string of the molecule is O=C(COC(=O)c1ccc2c(c1)CCCC2)Nc1ccc(OC(F)(F)F)cc1. The van der Waals surface area contributed by atoms with Crippen molar-refractivity contribution in [2.75, 3.05) is 11.9 Å². The van der Waals surface area contributed by atoms with Gasteiger partial charge in [0, 0.05) is 5.69 Å². The molecule has 28 heavy (non-hydrogen) atoms. The molecule has 5 nitrogen and oxygen atoms in total. The molecule has 1 aliphatic carbocycles. The Labute approximate surface area is 159 Å². The first kappa shape index (κ1) is 19.7. The molecule has 0 radical (unpaired) electrons. The van der Waals surface area contributed by atoms with E-state index >= 15 is 0 Å². The van der Waals surface area contributed by atoms with Gasteiger partial charge in [0.05, 0.1) is 5.56 Å². The molecular weight excluding hydrogens is 375 g/mol. The molecule has 2 aromatic carbocycles. The van der Waals surface area contributed by atoms with Gasteiger partial charge in [0.1, 0.15) is 5.75 Å². The second kappa shape index (κ2) is 8.33. The van der Waals surface area contributed by atoms with Gasteiger partial charge in [-0.25, -0.2) is 4.79 Å². The van der Waals surface area contributed by atoms with Crippen molar-refractivity contribution in [3.63, 3.8) is 0 Å². The third-order valence-corrected chi connectivity index (χ3v) is 4.29. The maximum Gasteiger partial charge on any atom is 0.573 e.